The molecule has 0 aromatic heterocycles. The minimum atomic E-state index is -3.89. The van der Waals surface area contributed by atoms with Gasteiger partial charge in [0.15, 0.2) is 0 Å². The molecule has 33 heavy (non-hydrogen) atoms. The zero-order valence-electron chi connectivity index (χ0n) is 19.2. The van der Waals surface area contributed by atoms with Gasteiger partial charge in [-0.1, -0.05) is 54.6 Å². The lowest BCUT2D eigenvalue weighted by Crippen LogP contribution is -2.39. The molecule has 1 amide bonds. The van der Waals surface area contributed by atoms with Gasteiger partial charge in [-0.15, -0.1) is 0 Å². The average molecular weight is 467 g/mol. The molecule has 0 fully saturated rings. The Labute approximate surface area is 196 Å². The Morgan fingerprint density at radius 1 is 0.970 bits per heavy atom. The zero-order chi connectivity index (χ0) is 23.8. The number of nitrogens with zero attached hydrogens (tertiary/aromatic N) is 1. The number of carbonyl (C=O) groups excluding carboxylic acids is 1. The van der Waals surface area contributed by atoms with Crippen LogP contribution in [0.25, 0.3) is 0 Å². The van der Waals surface area contributed by atoms with E-state index in [1.165, 1.54) is 4.31 Å². The third kappa shape index (κ3) is 6.43. The largest absolute Gasteiger partial charge is 0.492 e. The number of anilines is 1. The third-order valence-electron chi connectivity index (χ3n) is 5.24. The first-order valence-corrected chi connectivity index (χ1v) is 12.4. The molecule has 3 aromatic carbocycles. The van der Waals surface area contributed by atoms with Gasteiger partial charge >= 0.3 is 0 Å². The molecule has 6 nitrogen and oxygen atoms in total. The van der Waals surface area contributed by atoms with E-state index >= 15 is 0 Å². The fraction of sp³-hybridized carbons (Fsp3) is 0.269. The minimum Gasteiger partial charge on any atom is -0.492 e. The first-order valence-electron chi connectivity index (χ1n) is 10.9. The normalized spacial score (nSPS) is 11.4. The lowest BCUT2D eigenvalue weighted by atomic mass is 10.1. The van der Waals surface area contributed by atoms with Crippen LogP contribution in [0.3, 0.4) is 0 Å². The highest BCUT2D eigenvalue weighted by molar-refractivity contribution is 7.89. The van der Waals surface area contributed by atoms with E-state index in [1.54, 1.807) is 37.3 Å². The van der Waals surface area contributed by atoms with Crippen molar-refractivity contribution in [2.45, 2.75) is 32.1 Å². The zero-order valence-corrected chi connectivity index (χ0v) is 20.1. The van der Waals surface area contributed by atoms with Gasteiger partial charge in [0.1, 0.15) is 5.75 Å². The first-order chi connectivity index (χ1) is 15.8. The van der Waals surface area contributed by atoms with Crippen LogP contribution in [0.5, 0.6) is 5.75 Å². The molecule has 0 aliphatic heterocycles. The highest BCUT2D eigenvalue weighted by Crippen LogP contribution is 2.25. The molecule has 3 aromatic rings. The van der Waals surface area contributed by atoms with E-state index in [0.717, 1.165) is 11.1 Å². The summed E-state index contributed by atoms with van der Waals surface area (Å²) in [5, 5.41) is 2.80. The summed E-state index contributed by atoms with van der Waals surface area (Å²) in [6, 6.07) is 22.1. The average Bonchev–Trinajstić information content (AvgIpc) is 2.80. The summed E-state index contributed by atoms with van der Waals surface area (Å²) in [5.41, 5.74) is 3.00. The van der Waals surface area contributed by atoms with Gasteiger partial charge in [-0.2, -0.15) is 4.31 Å². The van der Waals surface area contributed by atoms with Crippen LogP contribution in [0.4, 0.5) is 5.69 Å². The summed E-state index contributed by atoms with van der Waals surface area (Å²) in [6.07, 6.45) is 0.494. The molecule has 0 saturated heterocycles. The van der Waals surface area contributed by atoms with Crippen molar-refractivity contribution in [3.05, 3.63) is 89.5 Å². The van der Waals surface area contributed by atoms with Crippen LogP contribution in [-0.4, -0.2) is 38.3 Å². The topological polar surface area (TPSA) is 75.7 Å². The molecule has 1 N–H and O–H groups in total. The summed E-state index contributed by atoms with van der Waals surface area (Å²) >= 11 is 0. The lowest BCUT2D eigenvalue weighted by molar-refractivity contribution is -0.116. The van der Waals surface area contributed by atoms with Crippen molar-refractivity contribution in [1.29, 1.82) is 0 Å². The molecule has 0 aliphatic rings. The van der Waals surface area contributed by atoms with E-state index in [0.29, 0.717) is 30.0 Å². The second kappa shape index (κ2) is 11.1. The second-order valence-corrected chi connectivity index (χ2v) is 9.73. The van der Waals surface area contributed by atoms with Crippen molar-refractivity contribution in [1.82, 2.24) is 4.31 Å². The first kappa shape index (κ1) is 24.5. The van der Waals surface area contributed by atoms with E-state index in [1.807, 2.05) is 56.3 Å². The highest BCUT2D eigenvalue weighted by Gasteiger charge is 2.28. The van der Waals surface area contributed by atoms with Gasteiger partial charge in [-0.3, -0.25) is 4.79 Å². The summed E-state index contributed by atoms with van der Waals surface area (Å²) < 4.78 is 34.0. The number of aryl methyl sites for hydroxylation is 2. The van der Waals surface area contributed by atoms with Crippen molar-refractivity contribution >= 4 is 21.6 Å². The fourth-order valence-corrected chi connectivity index (χ4v) is 5.21. The summed E-state index contributed by atoms with van der Waals surface area (Å²) in [4.78, 5) is 13.2. The number of sulfonamides is 1. The molecule has 0 radical (unpaired) electrons. The Morgan fingerprint density at radius 2 is 1.67 bits per heavy atom. The molecule has 7 heteroatoms. The van der Waals surface area contributed by atoms with Crippen LogP contribution in [0.2, 0.25) is 0 Å². The third-order valence-corrected chi connectivity index (χ3v) is 7.22. The Morgan fingerprint density at radius 3 is 2.39 bits per heavy atom. The molecule has 0 heterocycles. The van der Waals surface area contributed by atoms with Crippen LogP contribution in [-0.2, 0) is 21.2 Å². The number of ether oxygens (including phenoxy) is 1. The van der Waals surface area contributed by atoms with Crippen LogP contribution < -0.4 is 10.1 Å². The standard InChI is InChI=1S/C26H30N2O4S/c1-4-32-24-13-9-8-12-23(24)27-26(29)19-28(17-16-22-10-6-5-7-11-22)33(30,31)25-18-20(2)14-15-21(25)3/h5-15,18H,4,16-17,19H2,1-3H3,(H,27,29). The van der Waals surface area contributed by atoms with Gasteiger partial charge in [-0.25, -0.2) is 8.42 Å². The molecule has 174 valence electrons. The molecular weight excluding hydrogens is 436 g/mol. The van der Waals surface area contributed by atoms with Crippen LogP contribution in [0, 0.1) is 13.8 Å². The quantitative estimate of drug-likeness (QED) is 0.475. The van der Waals surface area contributed by atoms with Gasteiger partial charge in [-0.05, 0) is 62.1 Å². The predicted molar refractivity (Wildman–Crippen MR) is 131 cm³/mol. The fourth-order valence-electron chi connectivity index (χ4n) is 3.51. The van der Waals surface area contributed by atoms with E-state index in [9.17, 15) is 13.2 Å². The van der Waals surface area contributed by atoms with Crippen molar-refractivity contribution in [3.63, 3.8) is 0 Å². The highest BCUT2D eigenvalue weighted by atomic mass is 32.2. The Hall–Kier alpha value is -3.16. The van der Waals surface area contributed by atoms with Gasteiger partial charge in [0.05, 0.1) is 23.7 Å². The summed E-state index contributed by atoms with van der Waals surface area (Å²) in [7, 11) is -3.89. The van der Waals surface area contributed by atoms with Gasteiger partial charge in [0.2, 0.25) is 15.9 Å². The maximum absolute atomic E-state index is 13.6. The van der Waals surface area contributed by atoms with Gasteiger partial charge in [0, 0.05) is 6.54 Å². The molecule has 0 aliphatic carbocycles. The number of benzene rings is 3. The summed E-state index contributed by atoms with van der Waals surface area (Å²) in [6.45, 7) is 5.81. The molecule has 0 bridgehead atoms. The lowest BCUT2D eigenvalue weighted by Gasteiger charge is -2.23. The van der Waals surface area contributed by atoms with Crippen LogP contribution in [0.15, 0.2) is 77.7 Å². The molecule has 0 saturated carbocycles. The Balaban J connectivity index is 1.87. The number of nitrogens with one attached hydrogen (secondary N) is 1. The minimum absolute atomic E-state index is 0.181. The van der Waals surface area contributed by atoms with Gasteiger partial charge in [0.25, 0.3) is 0 Å². The molecule has 0 atom stereocenters. The summed E-state index contributed by atoms with van der Waals surface area (Å²) in [5.74, 6) is 0.116. The number of carbonyl (C=O) groups is 1. The monoisotopic (exact) mass is 466 g/mol. The molecule has 0 unspecified atom stereocenters. The number of hydrogen-bond donors (Lipinski definition) is 1. The van der Waals surface area contributed by atoms with E-state index in [4.69, 9.17) is 4.74 Å². The van der Waals surface area contributed by atoms with Crippen molar-refractivity contribution in [2.24, 2.45) is 0 Å². The number of amides is 1. The van der Waals surface area contributed by atoms with E-state index in [-0.39, 0.29) is 18.0 Å². The van der Waals surface area contributed by atoms with Crippen molar-refractivity contribution in [3.8, 4) is 5.75 Å². The Bertz CT molecular complexity index is 1190. The number of hydrogen-bond acceptors (Lipinski definition) is 4. The number of para-hydroxylation sites is 2. The Kier molecular flexibility index (Phi) is 8.25. The van der Waals surface area contributed by atoms with Crippen molar-refractivity contribution in [2.75, 3.05) is 25.0 Å². The van der Waals surface area contributed by atoms with E-state index < -0.39 is 15.9 Å². The van der Waals surface area contributed by atoms with Crippen LogP contribution in [0.1, 0.15) is 23.6 Å². The van der Waals surface area contributed by atoms with Gasteiger partial charge < -0.3 is 10.1 Å². The molecule has 0 spiro atoms. The smallest absolute Gasteiger partial charge is 0.243 e. The molecule has 3 rings (SSSR count). The maximum atomic E-state index is 13.6. The number of rotatable bonds is 10. The van der Waals surface area contributed by atoms with E-state index in [2.05, 4.69) is 5.32 Å². The predicted octanol–water partition coefficient (Wildman–Crippen LogP) is 4.57. The van der Waals surface area contributed by atoms with Crippen LogP contribution >= 0.6 is 0 Å². The second-order valence-electron chi connectivity index (χ2n) is 7.82. The maximum Gasteiger partial charge on any atom is 0.243 e. The SMILES string of the molecule is CCOc1ccccc1NC(=O)CN(CCc1ccccc1)S(=O)(=O)c1cc(C)ccc1C. The molecular formula is C26H30N2O4S. The van der Waals surface area contributed by atoms with Crippen molar-refractivity contribution < 1.29 is 17.9 Å².